The van der Waals surface area contributed by atoms with Gasteiger partial charge in [-0.2, -0.15) is 0 Å². The molecule has 2 aliphatic heterocycles. The third kappa shape index (κ3) is 9.17. The Bertz CT molecular complexity index is 3190. The van der Waals surface area contributed by atoms with Gasteiger partial charge in [0.05, 0.1) is 108 Å². The second-order valence-corrected chi connectivity index (χ2v) is 16.6. The summed E-state index contributed by atoms with van der Waals surface area (Å²) in [6.45, 7) is 0. The third-order valence-corrected chi connectivity index (χ3v) is 12.9. The molecule has 2 aliphatic rings. The summed E-state index contributed by atoms with van der Waals surface area (Å²) in [6, 6.07) is 21.5. The normalized spacial score (nSPS) is 13.6. The predicted molar refractivity (Wildman–Crippen MR) is 278 cm³/mol. The first-order chi connectivity index (χ1) is 36.0. The number of fused-ring (bicyclic) bond motifs is 8. The van der Waals surface area contributed by atoms with Crippen LogP contribution < -0.4 is 66.8 Å². The van der Waals surface area contributed by atoms with Crippen molar-refractivity contribution in [1.29, 1.82) is 0 Å². The number of hydrogen-bond donors (Lipinski definition) is 2. The number of aromatic nitrogens is 4. The molecular weight excluding hydrogens is 1010 g/mol. The molecule has 5 heterocycles. The van der Waals surface area contributed by atoms with E-state index >= 15 is 0 Å². The number of benzene rings is 4. The summed E-state index contributed by atoms with van der Waals surface area (Å²) in [5.41, 5.74) is 6.75. The van der Waals surface area contributed by atoms with E-state index in [0.29, 0.717) is 147 Å². The number of hydrogen-bond acceptors (Lipinski definition) is 16. The fourth-order valence-corrected chi connectivity index (χ4v) is 9.50. The summed E-state index contributed by atoms with van der Waals surface area (Å²) >= 11 is 0. The van der Waals surface area contributed by atoms with Crippen molar-refractivity contribution >= 4 is 34.2 Å². The van der Waals surface area contributed by atoms with Crippen molar-refractivity contribution in [3.63, 3.8) is 0 Å². The van der Waals surface area contributed by atoms with Gasteiger partial charge in [0.25, 0.3) is 0 Å². The quantitative estimate of drug-likeness (QED) is 0.0865. The van der Waals surface area contributed by atoms with E-state index in [9.17, 15) is 10.2 Å². The first-order valence-electron chi connectivity index (χ1n) is 22.9. The van der Waals surface area contributed by atoms with Crippen LogP contribution in [-0.2, 0) is 16.5 Å². The molecule has 0 saturated carbocycles. The number of ether oxygens (including phenoxy) is 12. The van der Waals surface area contributed by atoms with Gasteiger partial charge in [0.15, 0.2) is 46.0 Å². The van der Waals surface area contributed by atoms with Gasteiger partial charge >= 0.3 is 16.5 Å². The summed E-state index contributed by atoms with van der Waals surface area (Å²) in [4.78, 5) is 21.2. The molecule has 18 nitrogen and oxygen atoms in total. The van der Waals surface area contributed by atoms with Crippen LogP contribution in [0.15, 0.2) is 72.8 Å². The molecule has 75 heavy (non-hydrogen) atoms. The second kappa shape index (κ2) is 22.1. The van der Waals surface area contributed by atoms with Crippen LogP contribution >= 0.6 is 0 Å². The number of methoxy groups -OCH3 is 12. The van der Waals surface area contributed by atoms with Gasteiger partial charge in [0.1, 0.15) is 12.2 Å². The van der Waals surface area contributed by atoms with Crippen LogP contribution in [0.1, 0.15) is 35.0 Å². The zero-order chi connectivity index (χ0) is 52.5. The fraction of sp³-hybridized carbons (Fsp3) is 0.250. The van der Waals surface area contributed by atoms with Crippen LogP contribution in [0.4, 0.5) is 0 Å². The van der Waals surface area contributed by atoms with Gasteiger partial charge in [-0.05, 0) is 105 Å². The summed E-state index contributed by atoms with van der Waals surface area (Å²) in [5.74, 6) is 4.28. The molecule has 7 aromatic rings. The monoisotopic (exact) mass is 1060 g/mol. The minimum Gasteiger partial charge on any atom is -0.657 e. The zero-order valence-corrected chi connectivity index (χ0v) is 44.1. The SMILES string of the molecule is COc1cc(-c2c3nc(c(-c4cc(OC)c(OC)c(OC)c4)c4ccc([n-]4)c(-c4cc(OC)c(OC)c(OC)c4)c4nc(c(-c5cc(OC)c(OC)c(OC)c5)c5ccc2[n-]5)[C@@H](O)[C@H]4O)C=C3)cc(OC)c1OC.[Ni+2]. The summed E-state index contributed by atoms with van der Waals surface area (Å²) in [6.07, 6.45) is 0.531. The van der Waals surface area contributed by atoms with Crippen molar-refractivity contribution in [2.24, 2.45) is 0 Å². The van der Waals surface area contributed by atoms with Crippen molar-refractivity contribution in [1.82, 2.24) is 19.9 Å². The van der Waals surface area contributed by atoms with Gasteiger partial charge in [-0.3, -0.25) is 4.98 Å². The Morgan fingerprint density at radius 1 is 0.333 bits per heavy atom. The summed E-state index contributed by atoms with van der Waals surface area (Å²) in [5, 5.41) is 25.1. The molecule has 19 heteroatoms. The Morgan fingerprint density at radius 3 is 0.787 bits per heavy atom. The van der Waals surface area contributed by atoms with Gasteiger partial charge in [-0.1, -0.05) is 24.3 Å². The third-order valence-electron chi connectivity index (χ3n) is 12.9. The molecule has 0 radical (unpaired) electrons. The van der Waals surface area contributed by atoms with Gasteiger partial charge in [0.2, 0.25) is 23.0 Å². The number of nitrogens with zero attached hydrogens (tertiary/aromatic N) is 4. The summed E-state index contributed by atoms with van der Waals surface area (Å²) < 4.78 is 69.7. The molecule has 0 amide bonds. The number of rotatable bonds is 16. The molecule has 2 N–H and O–H groups in total. The Kier molecular flexibility index (Phi) is 15.6. The second-order valence-electron chi connectivity index (χ2n) is 16.6. The van der Waals surface area contributed by atoms with Gasteiger partial charge in [-0.15, -0.1) is 22.1 Å². The van der Waals surface area contributed by atoms with E-state index in [1.165, 1.54) is 56.9 Å². The Hall–Kier alpha value is -8.25. The zero-order valence-electron chi connectivity index (χ0n) is 43.1. The number of aliphatic hydroxyl groups is 2. The molecular formula is C56H54N4NiO14. The van der Waals surface area contributed by atoms with Gasteiger partial charge in [-0.25, -0.2) is 4.98 Å². The molecule has 0 spiro atoms. The van der Waals surface area contributed by atoms with E-state index in [2.05, 4.69) is 0 Å². The maximum absolute atomic E-state index is 12.5. The molecule has 0 unspecified atom stereocenters. The summed E-state index contributed by atoms with van der Waals surface area (Å²) in [7, 11) is 18.3. The fourth-order valence-electron chi connectivity index (χ4n) is 9.50. The molecule has 9 rings (SSSR count). The van der Waals surface area contributed by atoms with Crippen LogP contribution in [0.25, 0.3) is 78.7 Å². The Morgan fingerprint density at radius 2 is 0.560 bits per heavy atom. The Labute approximate surface area is 442 Å². The van der Waals surface area contributed by atoms with Crippen LogP contribution in [0.3, 0.4) is 0 Å². The van der Waals surface area contributed by atoms with Crippen LogP contribution in [0.2, 0.25) is 0 Å². The van der Waals surface area contributed by atoms with Crippen molar-refractivity contribution in [2.75, 3.05) is 85.3 Å². The van der Waals surface area contributed by atoms with Crippen molar-refractivity contribution < 1.29 is 83.5 Å². The van der Waals surface area contributed by atoms with Crippen molar-refractivity contribution in [3.05, 3.63) is 95.6 Å². The molecule has 8 bridgehead atoms. The minimum atomic E-state index is -1.62. The molecule has 0 aliphatic carbocycles. The number of aliphatic hydroxyl groups excluding tert-OH is 2. The topological polar surface area (TPSA) is 205 Å². The molecule has 2 atom stereocenters. The van der Waals surface area contributed by atoms with E-state index in [0.717, 1.165) is 0 Å². The molecule has 3 aromatic heterocycles. The van der Waals surface area contributed by atoms with Crippen molar-refractivity contribution in [3.8, 4) is 114 Å². The van der Waals surface area contributed by atoms with E-state index in [1.54, 1.807) is 64.8 Å². The standard InChI is InChI=1S/C56H54N4O14.Ni/c1-63-37-19-27(20-38(64-2)53(37)71-9)45-31-13-14-32(57-31)46(28-21-39(65-3)54(72-10)40(22-28)66-4)34-16-18-36(59-34)48(30-25-43(69-7)56(74-12)44(26-30)70-8)50-52(62)51(61)49(60-50)47(35-17-15-33(45)58-35)29-23-41(67-5)55(73-11)42(24-29)68-6;/h13-26,51-52,61-62H,1-12H3;/q-2;+2/t51-,52+;. The maximum Gasteiger partial charge on any atom is 2.00 e. The van der Waals surface area contributed by atoms with Gasteiger partial charge in [0, 0.05) is 0 Å². The first kappa shape index (κ1) is 53.1. The average molecular weight is 1070 g/mol. The van der Waals surface area contributed by atoms with E-state index in [4.69, 9.17) is 76.8 Å². The van der Waals surface area contributed by atoms with Crippen LogP contribution in [0, 0.1) is 0 Å². The van der Waals surface area contributed by atoms with Crippen LogP contribution in [0.5, 0.6) is 69.0 Å². The molecule has 0 fully saturated rings. The van der Waals surface area contributed by atoms with E-state index in [1.807, 2.05) is 48.6 Å². The average Bonchev–Trinajstić information content (AvgIpc) is 4.27. The van der Waals surface area contributed by atoms with Crippen LogP contribution in [-0.4, -0.2) is 105 Å². The molecule has 0 saturated heterocycles. The Balaban J connectivity index is 0.00000747. The predicted octanol–water partition coefficient (Wildman–Crippen LogP) is 9.28. The van der Waals surface area contributed by atoms with Gasteiger partial charge < -0.3 is 77.0 Å². The molecule has 4 aromatic carbocycles. The molecule has 392 valence electrons. The van der Waals surface area contributed by atoms with Crippen molar-refractivity contribution in [2.45, 2.75) is 12.2 Å². The maximum atomic E-state index is 12.5. The smallest absolute Gasteiger partial charge is 0.657 e. The first-order valence-corrected chi connectivity index (χ1v) is 22.9. The van der Waals surface area contributed by atoms with E-state index in [-0.39, 0.29) is 27.9 Å². The largest absolute Gasteiger partial charge is 2.00 e. The minimum absolute atomic E-state index is 0. The van der Waals surface area contributed by atoms with E-state index < -0.39 is 12.2 Å².